The van der Waals surface area contributed by atoms with E-state index in [9.17, 15) is 10.0 Å². The number of hydrogen-bond donors (Lipinski definition) is 3. The third-order valence-corrected chi connectivity index (χ3v) is 2.10. The van der Waals surface area contributed by atoms with Crippen molar-refractivity contribution in [1.29, 1.82) is 0 Å². The summed E-state index contributed by atoms with van der Waals surface area (Å²) in [6.07, 6.45) is -1.04. The summed E-state index contributed by atoms with van der Waals surface area (Å²) in [6, 6.07) is 3.45. The lowest BCUT2D eigenvalue weighted by atomic mass is 10.3. The van der Waals surface area contributed by atoms with Crippen LogP contribution >= 0.6 is 0 Å². The number of rotatable bonds is 4. The molecule has 0 aliphatic rings. The van der Waals surface area contributed by atoms with Crippen LogP contribution in [0.2, 0.25) is 0 Å². The monoisotopic (exact) mass is 225 g/mol. The van der Waals surface area contributed by atoms with Gasteiger partial charge in [-0.15, -0.1) is 0 Å². The summed E-state index contributed by atoms with van der Waals surface area (Å²) in [4.78, 5) is 10.2. The van der Waals surface area contributed by atoms with Crippen molar-refractivity contribution in [2.24, 2.45) is 0 Å². The number of nitrogens with one attached hydrogen (secondary N) is 2. The van der Waals surface area contributed by atoms with Crippen LogP contribution in [-0.4, -0.2) is 24.3 Å². The van der Waals surface area contributed by atoms with Crippen molar-refractivity contribution in [2.45, 2.75) is 13.8 Å². The molecule has 1 aromatic heterocycles. The first-order valence-electron chi connectivity index (χ1n) is 4.92. The van der Waals surface area contributed by atoms with Gasteiger partial charge in [-0.3, -0.25) is 0 Å². The van der Waals surface area contributed by atoms with Gasteiger partial charge in [0, 0.05) is 44.8 Å². The zero-order valence-electron chi connectivity index (χ0n) is 9.28. The Morgan fingerprint density at radius 3 is 2.44 bits per heavy atom. The summed E-state index contributed by atoms with van der Waals surface area (Å²) < 4.78 is 0.848. The summed E-state index contributed by atoms with van der Waals surface area (Å²) in [5, 5.41) is 25.0. The first-order chi connectivity index (χ1) is 7.50. The Hall–Kier alpha value is -1.98. The highest BCUT2D eigenvalue weighted by atomic mass is 16.5. The summed E-state index contributed by atoms with van der Waals surface area (Å²) >= 11 is 0. The number of aryl methyl sites for hydroxylation is 2. The smallest absolute Gasteiger partial charge is 0.404 e. The van der Waals surface area contributed by atoms with Gasteiger partial charge < -0.3 is 20.9 Å². The lowest BCUT2D eigenvalue weighted by molar-refractivity contribution is -0.618. The van der Waals surface area contributed by atoms with E-state index < -0.39 is 6.09 Å². The molecule has 0 atom stereocenters. The van der Waals surface area contributed by atoms with Crippen LogP contribution in [0.15, 0.2) is 12.1 Å². The number of carbonyl (C=O) groups is 1. The van der Waals surface area contributed by atoms with Crippen LogP contribution in [0.25, 0.3) is 0 Å². The van der Waals surface area contributed by atoms with Gasteiger partial charge in [0.1, 0.15) is 0 Å². The molecule has 6 nitrogen and oxygen atoms in total. The highest BCUT2D eigenvalue weighted by Gasteiger charge is 2.05. The Balaban J connectivity index is 2.52. The molecule has 0 spiro atoms. The highest BCUT2D eigenvalue weighted by Crippen LogP contribution is 2.08. The van der Waals surface area contributed by atoms with Gasteiger partial charge in [-0.2, -0.15) is 4.73 Å². The Bertz CT molecular complexity index is 370. The van der Waals surface area contributed by atoms with Crippen molar-refractivity contribution in [1.82, 2.24) is 5.32 Å². The standard InChI is InChI=1S/C10H15N3O3/c1-7-5-9(6-8(2)13(7)16)11-3-4-12-10(14)15/h5-6,11-12H,3-4H2,1-2H3,(H,14,15). The topological polar surface area (TPSA) is 88.3 Å². The number of amides is 1. The molecular weight excluding hydrogens is 210 g/mol. The van der Waals surface area contributed by atoms with Crippen LogP contribution in [0.5, 0.6) is 0 Å². The van der Waals surface area contributed by atoms with Gasteiger partial charge in [0.05, 0.1) is 0 Å². The van der Waals surface area contributed by atoms with Crippen molar-refractivity contribution in [3.63, 3.8) is 0 Å². The minimum Gasteiger partial charge on any atom is -0.618 e. The molecule has 88 valence electrons. The molecule has 3 N–H and O–H groups in total. The molecule has 0 aliphatic carbocycles. The minimum atomic E-state index is -1.04. The van der Waals surface area contributed by atoms with Gasteiger partial charge in [-0.25, -0.2) is 4.79 Å². The van der Waals surface area contributed by atoms with Crippen LogP contribution in [0.3, 0.4) is 0 Å². The average Bonchev–Trinajstić information content (AvgIpc) is 2.20. The van der Waals surface area contributed by atoms with Crippen LogP contribution in [0.4, 0.5) is 10.5 Å². The highest BCUT2D eigenvalue weighted by molar-refractivity contribution is 5.64. The number of carboxylic acid groups (broad SMARTS) is 1. The lowest BCUT2D eigenvalue weighted by Gasteiger charge is -2.09. The fourth-order valence-corrected chi connectivity index (χ4v) is 1.37. The third-order valence-electron chi connectivity index (χ3n) is 2.10. The predicted molar refractivity (Wildman–Crippen MR) is 59.4 cm³/mol. The molecule has 0 unspecified atom stereocenters. The van der Waals surface area contributed by atoms with E-state index >= 15 is 0 Å². The molecular formula is C10H15N3O3. The molecule has 1 rings (SSSR count). The Morgan fingerprint density at radius 2 is 1.94 bits per heavy atom. The SMILES string of the molecule is Cc1cc(NCCNC(=O)O)cc(C)[n+]1[O-]. The second-order valence-electron chi connectivity index (χ2n) is 3.48. The zero-order chi connectivity index (χ0) is 12.1. The first kappa shape index (κ1) is 12.1. The predicted octanol–water partition coefficient (Wildman–Crippen LogP) is 0.616. The molecule has 0 aliphatic heterocycles. The molecule has 6 heteroatoms. The minimum absolute atomic E-state index is 0.319. The van der Waals surface area contributed by atoms with Crippen LogP contribution in [0, 0.1) is 19.1 Å². The molecule has 0 radical (unpaired) electrons. The largest absolute Gasteiger partial charge is 0.618 e. The molecule has 0 bridgehead atoms. The average molecular weight is 225 g/mol. The molecule has 0 saturated carbocycles. The molecule has 0 fully saturated rings. The number of pyridine rings is 1. The van der Waals surface area contributed by atoms with Gasteiger partial charge in [-0.1, -0.05) is 0 Å². The normalized spacial score (nSPS) is 9.88. The molecule has 16 heavy (non-hydrogen) atoms. The maximum Gasteiger partial charge on any atom is 0.404 e. The van der Waals surface area contributed by atoms with Gasteiger partial charge in [0.2, 0.25) is 0 Å². The molecule has 0 saturated heterocycles. The van der Waals surface area contributed by atoms with E-state index in [4.69, 9.17) is 5.11 Å². The lowest BCUT2D eigenvalue weighted by Crippen LogP contribution is -2.34. The fraction of sp³-hybridized carbons (Fsp3) is 0.400. The Morgan fingerprint density at radius 1 is 1.38 bits per heavy atom. The van der Waals surface area contributed by atoms with Gasteiger partial charge in [0.25, 0.3) is 0 Å². The van der Waals surface area contributed by atoms with E-state index in [1.807, 2.05) is 0 Å². The summed E-state index contributed by atoms with van der Waals surface area (Å²) in [7, 11) is 0. The van der Waals surface area contributed by atoms with E-state index in [0.717, 1.165) is 10.4 Å². The summed E-state index contributed by atoms with van der Waals surface area (Å²) in [5.41, 5.74) is 2.02. The summed E-state index contributed by atoms with van der Waals surface area (Å²) in [6.45, 7) is 4.25. The van der Waals surface area contributed by atoms with E-state index in [1.54, 1.807) is 26.0 Å². The van der Waals surface area contributed by atoms with Crippen LogP contribution in [-0.2, 0) is 0 Å². The quantitative estimate of drug-likeness (QED) is 0.398. The second kappa shape index (κ2) is 5.20. The van der Waals surface area contributed by atoms with Crippen LogP contribution < -0.4 is 15.4 Å². The van der Waals surface area contributed by atoms with E-state index in [-0.39, 0.29) is 0 Å². The van der Waals surface area contributed by atoms with E-state index in [1.165, 1.54) is 0 Å². The number of hydrogen-bond acceptors (Lipinski definition) is 3. The van der Waals surface area contributed by atoms with Crippen molar-refractivity contribution >= 4 is 11.8 Å². The number of nitrogens with zero attached hydrogens (tertiary/aromatic N) is 1. The van der Waals surface area contributed by atoms with E-state index in [2.05, 4.69) is 10.6 Å². The maximum absolute atomic E-state index is 11.3. The summed E-state index contributed by atoms with van der Waals surface area (Å²) in [5.74, 6) is 0. The van der Waals surface area contributed by atoms with Crippen molar-refractivity contribution < 1.29 is 14.6 Å². The maximum atomic E-state index is 11.3. The van der Waals surface area contributed by atoms with Gasteiger partial charge in [0.15, 0.2) is 11.4 Å². The van der Waals surface area contributed by atoms with Crippen molar-refractivity contribution in [3.05, 3.63) is 28.7 Å². The second-order valence-corrected chi connectivity index (χ2v) is 3.48. The van der Waals surface area contributed by atoms with Gasteiger partial charge >= 0.3 is 6.09 Å². The number of aromatic nitrogens is 1. The zero-order valence-corrected chi connectivity index (χ0v) is 9.28. The van der Waals surface area contributed by atoms with Crippen molar-refractivity contribution in [3.8, 4) is 0 Å². The van der Waals surface area contributed by atoms with Gasteiger partial charge in [-0.05, 0) is 0 Å². The Kier molecular flexibility index (Phi) is 3.93. The Labute approximate surface area is 93.5 Å². The first-order valence-corrected chi connectivity index (χ1v) is 4.92. The molecule has 1 amide bonds. The third kappa shape index (κ3) is 3.30. The fourth-order valence-electron chi connectivity index (χ4n) is 1.37. The van der Waals surface area contributed by atoms with Crippen molar-refractivity contribution in [2.75, 3.05) is 18.4 Å². The number of anilines is 1. The molecule has 1 heterocycles. The van der Waals surface area contributed by atoms with Crippen LogP contribution in [0.1, 0.15) is 11.4 Å². The van der Waals surface area contributed by atoms with E-state index in [0.29, 0.717) is 24.5 Å². The molecule has 1 aromatic rings. The molecule has 0 aromatic carbocycles.